The van der Waals surface area contributed by atoms with Crippen molar-refractivity contribution in [2.45, 2.75) is 72.1 Å². The van der Waals surface area contributed by atoms with Gasteiger partial charge >= 0.3 is 5.97 Å². The zero-order chi connectivity index (χ0) is 33.9. The number of amides is 1. The molecule has 0 unspecified atom stereocenters. The van der Waals surface area contributed by atoms with E-state index in [0.717, 1.165) is 35.2 Å². The van der Waals surface area contributed by atoms with Crippen molar-refractivity contribution in [3.63, 3.8) is 0 Å². The molecule has 0 spiro atoms. The number of esters is 1. The van der Waals surface area contributed by atoms with Crippen molar-refractivity contribution in [3.05, 3.63) is 93.3 Å². The van der Waals surface area contributed by atoms with Crippen LogP contribution in [0, 0.1) is 17.6 Å². The van der Waals surface area contributed by atoms with Crippen LogP contribution in [0.1, 0.15) is 76.7 Å². The summed E-state index contributed by atoms with van der Waals surface area (Å²) in [5.41, 5.74) is 7.74. The van der Waals surface area contributed by atoms with Gasteiger partial charge in [0.1, 0.15) is 24.0 Å². The number of rotatable bonds is 17. The topological polar surface area (TPSA) is 124 Å². The normalized spacial score (nSPS) is 12.7. The van der Waals surface area contributed by atoms with E-state index in [0.29, 0.717) is 42.2 Å². The minimum Gasteiger partial charge on any atom is -0.456 e. The van der Waals surface area contributed by atoms with Gasteiger partial charge in [-0.1, -0.05) is 27.7 Å². The lowest BCUT2D eigenvalue weighted by Crippen LogP contribution is -2.46. The lowest BCUT2D eigenvalue weighted by molar-refractivity contribution is 0.0238. The lowest BCUT2D eigenvalue weighted by Gasteiger charge is -2.25. The maximum atomic E-state index is 14.0. The molecular formula is C35H43F2N5O4S. The highest BCUT2D eigenvalue weighted by molar-refractivity contribution is 7.11. The minimum atomic E-state index is -0.891. The Morgan fingerprint density at radius 1 is 1.00 bits per heavy atom. The summed E-state index contributed by atoms with van der Waals surface area (Å²) in [6.07, 6.45) is 6.31. The zero-order valence-corrected chi connectivity index (χ0v) is 28.1. The van der Waals surface area contributed by atoms with Gasteiger partial charge in [0.25, 0.3) is 5.91 Å². The van der Waals surface area contributed by atoms with E-state index < -0.39 is 29.7 Å². The molecule has 0 bridgehead atoms. The Kier molecular flexibility index (Phi) is 13.1. The van der Waals surface area contributed by atoms with Gasteiger partial charge in [0.05, 0.1) is 16.8 Å². The highest BCUT2D eigenvalue weighted by atomic mass is 32.1. The summed E-state index contributed by atoms with van der Waals surface area (Å²) in [7, 11) is 0. The number of hydrogen-bond donors (Lipinski definition) is 2. The number of halogens is 2. The molecule has 9 nitrogen and oxygen atoms in total. The molecule has 0 aliphatic heterocycles. The van der Waals surface area contributed by atoms with Crippen molar-refractivity contribution in [2.75, 3.05) is 19.6 Å². The molecule has 252 valence electrons. The van der Waals surface area contributed by atoms with E-state index in [4.69, 9.17) is 14.9 Å². The molecule has 2 aromatic heterocycles. The summed E-state index contributed by atoms with van der Waals surface area (Å²) in [6, 6.07) is 7.10. The van der Waals surface area contributed by atoms with Gasteiger partial charge in [0, 0.05) is 66.9 Å². The van der Waals surface area contributed by atoms with E-state index in [-0.39, 0.29) is 30.3 Å². The fourth-order valence-corrected chi connectivity index (χ4v) is 6.33. The second-order valence-electron chi connectivity index (χ2n) is 12.0. The molecule has 2 atom stereocenters. The van der Waals surface area contributed by atoms with Crippen molar-refractivity contribution in [3.8, 4) is 11.5 Å². The fourth-order valence-electron chi connectivity index (χ4n) is 5.23. The highest BCUT2D eigenvalue weighted by Crippen LogP contribution is 2.24. The fraction of sp³-hybridized carbons (Fsp3) is 0.429. The Labute approximate surface area is 278 Å². The Hall–Kier alpha value is -4.00. The number of benzene rings is 2. The summed E-state index contributed by atoms with van der Waals surface area (Å²) >= 11 is 1.60. The Morgan fingerprint density at radius 2 is 1.70 bits per heavy atom. The number of ether oxygens (including phenoxy) is 1. The monoisotopic (exact) mass is 667 g/mol. The third-order valence-electron chi connectivity index (χ3n) is 7.33. The molecule has 0 saturated carbocycles. The van der Waals surface area contributed by atoms with Crippen LogP contribution >= 0.6 is 11.3 Å². The quantitative estimate of drug-likeness (QED) is 0.124. The van der Waals surface area contributed by atoms with Crippen molar-refractivity contribution >= 4 is 23.2 Å². The van der Waals surface area contributed by atoms with E-state index in [9.17, 15) is 18.4 Å². The van der Waals surface area contributed by atoms with Crippen LogP contribution < -0.4 is 11.1 Å². The van der Waals surface area contributed by atoms with Crippen LogP contribution in [-0.4, -0.2) is 58.5 Å². The molecule has 4 rings (SSSR count). The first kappa shape index (κ1) is 35.8. The summed E-state index contributed by atoms with van der Waals surface area (Å²) in [5.74, 6) is -1.65. The Balaban J connectivity index is 1.59. The van der Waals surface area contributed by atoms with E-state index in [1.165, 1.54) is 30.7 Å². The number of nitrogens with zero attached hydrogens (tertiary/aromatic N) is 3. The van der Waals surface area contributed by atoms with Crippen LogP contribution in [0.4, 0.5) is 8.78 Å². The summed E-state index contributed by atoms with van der Waals surface area (Å²) in [6.45, 7) is 10.0. The van der Waals surface area contributed by atoms with E-state index in [1.54, 1.807) is 28.4 Å². The molecular weight excluding hydrogens is 624 g/mol. The van der Waals surface area contributed by atoms with E-state index >= 15 is 0 Å². The van der Waals surface area contributed by atoms with Crippen LogP contribution in [0.5, 0.6) is 0 Å². The third kappa shape index (κ3) is 10.5. The average molecular weight is 668 g/mol. The van der Waals surface area contributed by atoms with Gasteiger partial charge in [0.15, 0.2) is 0 Å². The largest absolute Gasteiger partial charge is 0.456 e. The predicted molar refractivity (Wildman–Crippen MR) is 178 cm³/mol. The molecule has 0 aliphatic carbocycles. The smallest absolute Gasteiger partial charge is 0.338 e. The summed E-state index contributed by atoms with van der Waals surface area (Å²) < 4.78 is 39.4. The van der Waals surface area contributed by atoms with Gasteiger partial charge < -0.3 is 25.1 Å². The van der Waals surface area contributed by atoms with Gasteiger partial charge in [-0.05, 0) is 61.1 Å². The first-order valence-electron chi connectivity index (χ1n) is 16.0. The molecule has 1 amide bonds. The SMILES string of the molecule is CCCN(CCC)C(=O)c1cc(C(=O)O[C@H](CNCc2cnc(CC(C)C)s2)[C@@H](N)Cc2cc(F)cc(F)c2)cc(-c2ncco2)c1. The van der Waals surface area contributed by atoms with Gasteiger partial charge in [-0.15, -0.1) is 11.3 Å². The van der Waals surface area contributed by atoms with Gasteiger partial charge in [-0.2, -0.15) is 0 Å². The molecule has 0 radical (unpaired) electrons. The Bertz CT molecular complexity index is 1580. The molecule has 3 N–H and O–H groups in total. The molecule has 4 aromatic rings. The number of nitrogens with two attached hydrogens (primary N) is 1. The highest BCUT2D eigenvalue weighted by Gasteiger charge is 2.26. The standard InChI is InChI=1S/C35H43F2N5O4S/c1-5-8-42(9-6-2)34(43)25-15-24(33-40-7-10-45-33)16-26(17-25)35(44)46-31(30(38)14-23-12-27(36)18-28(37)13-23)21-39-19-29-20-41-32(47-29)11-22(3)4/h7,10,12-13,15-18,20,22,30-31,39H,5-6,8-9,11,14,19,21,38H2,1-4H3/t30-,31+/m0/s1. The lowest BCUT2D eigenvalue weighted by atomic mass is 10.0. The molecule has 12 heteroatoms. The van der Waals surface area contributed by atoms with Gasteiger partial charge in [0.2, 0.25) is 5.89 Å². The van der Waals surface area contributed by atoms with Crippen LogP contribution in [0.2, 0.25) is 0 Å². The number of oxazole rings is 1. The second kappa shape index (κ2) is 17.2. The first-order chi connectivity index (χ1) is 22.6. The molecule has 2 heterocycles. The van der Waals surface area contributed by atoms with Crippen molar-refractivity contribution < 1.29 is 27.5 Å². The maximum Gasteiger partial charge on any atom is 0.338 e. The molecule has 2 aromatic carbocycles. The van der Waals surface area contributed by atoms with Crippen molar-refractivity contribution in [1.82, 2.24) is 20.2 Å². The number of hydrogen-bond acceptors (Lipinski definition) is 9. The predicted octanol–water partition coefficient (Wildman–Crippen LogP) is 6.42. The van der Waals surface area contributed by atoms with Crippen LogP contribution in [0.3, 0.4) is 0 Å². The number of nitrogens with one attached hydrogen (secondary N) is 1. The number of carbonyl (C=O) groups excluding carboxylic acids is 2. The summed E-state index contributed by atoms with van der Waals surface area (Å²) in [4.78, 5) is 38.8. The Morgan fingerprint density at radius 3 is 2.34 bits per heavy atom. The third-order valence-corrected chi connectivity index (χ3v) is 8.35. The average Bonchev–Trinajstić information content (AvgIpc) is 3.72. The van der Waals surface area contributed by atoms with Crippen LogP contribution in [0.25, 0.3) is 11.5 Å². The van der Waals surface area contributed by atoms with Crippen LogP contribution in [-0.2, 0) is 24.1 Å². The molecule has 0 saturated heterocycles. The van der Waals surface area contributed by atoms with Crippen LogP contribution in [0.15, 0.2) is 59.5 Å². The van der Waals surface area contributed by atoms with E-state index in [1.807, 2.05) is 20.0 Å². The number of aromatic nitrogens is 2. The number of carbonyl (C=O) groups is 2. The van der Waals surface area contributed by atoms with Gasteiger partial charge in [-0.25, -0.2) is 23.5 Å². The van der Waals surface area contributed by atoms with Crippen molar-refractivity contribution in [1.29, 1.82) is 0 Å². The molecule has 0 fully saturated rings. The second-order valence-corrected chi connectivity index (χ2v) is 13.2. The van der Waals surface area contributed by atoms with E-state index in [2.05, 4.69) is 29.1 Å². The van der Waals surface area contributed by atoms with Gasteiger partial charge in [-0.3, -0.25) is 4.79 Å². The molecule has 0 aliphatic rings. The molecule has 47 heavy (non-hydrogen) atoms. The maximum absolute atomic E-state index is 14.0. The summed E-state index contributed by atoms with van der Waals surface area (Å²) in [5, 5.41) is 4.34. The first-order valence-corrected chi connectivity index (χ1v) is 16.8. The minimum absolute atomic E-state index is 0.0521. The number of thiazole rings is 1. The zero-order valence-electron chi connectivity index (χ0n) is 27.3. The van der Waals surface area contributed by atoms with Crippen molar-refractivity contribution in [2.24, 2.45) is 11.7 Å².